The third-order valence-corrected chi connectivity index (χ3v) is 3.76. The van der Waals surface area contributed by atoms with Crippen molar-refractivity contribution in [1.29, 1.82) is 0 Å². The Bertz CT molecular complexity index is 209. The topological polar surface area (TPSA) is 23.5 Å². The fourth-order valence-corrected chi connectivity index (χ4v) is 2.93. The first-order valence-corrected chi connectivity index (χ1v) is 6.72. The van der Waals surface area contributed by atoms with E-state index in [1.807, 2.05) is 0 Å². The number of rotatable bonds is 3. The summed E-state index contributed by atoms with van der Waals surface area (Å²) in [5, 5.41) is 10.1. The van der Waals surface area contributed by atoms with E-state index in [1.165, 1.54) is 19.3 Å². The molecule has 2 heteroatoms. The highest BCUT2D eigenvalue weighted by atomic mass is 16.3. The first kappa shape index (κ1) is 14.0. The van der Waals surface area contributed by atoms with Gasteiger partial charge in [0.2, 0.25) is 0 Å². The van der Waals surface area contributed by atoms with Crippen LogP contribution in [0, 0.1) is 11.3 Å². The van der Waals surface area contributed by atoms with Crippen molar-refractivity contribution >= 4 is 0 Å². The lowest BCUT2D eigenvalue weighted by molar-refractivity contribution is 0.00240. The van der Waals surface area contributed by atoms with Gasteiger partial charge in [-0.3, -0.25) is 0 Å². The Morgan fingerprint density at radius 1 is 1.25 bits per heavy atom. The van der Waals surface area contributed by atoms with Crippen LogP contribution in [0.2, 0.25) is 0 Å². The second-order valence-corrected chi connectivity index (χ2v) is 6.70. The smallest absolute Gasteiger partial charge is 0.0695 e. The number of hydrogen-bond donors (Lipinski definition) is 1. The summed E-state index contributed by atoms with van der Waals surface area (Å²) in [5.74, 6) is 0.816. The summed E-state index contributed by atoms with van der Waals surface area (Å²) in [4.78, 5) is 2.37. The predicted molar refractivity (Wildman–Crippen MR) is 69.5 cm³/mol. The summed E-state index contributed by atoms with van der Waals surface area (Å²) in [5.41, 5.74) is 0.313. The van der Waals surface area contributed by atoms with Crippen molar-refractivity contribution in [2.45, 2.75) is 65.5 Å². The number of hydrogen-bond acceptors (Lipinski definition) is 2. The van der Waals surface area contributed by atoms with E-state index in [0.29, 0.717) is 11.5 Å². The molecule has 1 aliphatic carbocycles. The van der Waals surface area contributed by atoms with E-state index >= 15 is 0 Å². The van der Waals surface area contributed by atoms with Crippen LogP contribution in [0.5, 0.6) is 0 Å². The van der Waals surface area contributed by atoms with Crippen LogP contribution >= 0.6 is 0 Å². The largest absolute Gasteiger partial charge is 0.391 e. The van der Waals surface area contributed by atoms with Gasteiger partial charge in [0, 0.05) is 12.6 Å². The van der Waals surface area contributed by atoms with Crippen molar-refractivity contribution in [1.82, 2.24) is 4.90 Å². The maximum Gasteiger partial charge on any atom is 0.0695 e. The van der Waals surface area contributed by atoms with Gasteiger partial charge in [0.15, 0.2) is 0 Å². The van der Waals surface area contributed by atoms with Gasteiger partial charge in [-0.15, -0.1) is 0 Å². The Balaban J connectivity index is 2.55. The maximum absolute atomic E-state index is 10.1. The molecule has 0 aliphatic heterocycles. The van der Waals surface area contributed by atoms with Crippen molar-refractivity contribution in [3.63, 3.8) is 0 Å². The van der Waals surface area contributed by atoms with E-state index in [1.54, 1.807) is 0 Å². The monoisotopic (exact) mass is 227 g/mol. The molecule has 1 aliphatic rings. The van der Waals surface area contributed by atoms with E-state index < -0.39 is 0 Å². The van der Waals surface area contributed by atoms with E-state index in [2.05, 4.69) is 39.6 Å². The summed E-state index contributed by atoms with van der Waals surface area (Å²) in [6.45, 7) is 10.1. The normalized spacial score (nSPS) is 32.1. The Kier molecular flexibility index (Phi) is 4.81. The molecule has 1 rings (SSSR count). The van der Waals surface area contributed by atoms with Crippen molar-refractivity contribution in [3.05, 3.63) is 0 Å². The van der Waals surface area contributed by atoms with Crippen LogP contribution in [-0.4, -0.2) is 35.7 Å². The van der Waals surface area contributed by atoms with Crippen LogP contribution in [0.1, 0.15) is 53.4 Å². The van der Waals surface area contributed by atoms with Gasteiger partial charge in [-0.2, -0.15) is 0 Å². The minimum Gasteiger partial charge on any atom is -0.391 e. The Hall–Kier alpha value is -0.0800. The summed E-state index contributed by atoms with van der Waals surface area (Å²) in [7, 11) is 2.16. The molecule has 0 aromatic carbocycles. The van der Waals surface area contributed by atoms with Crippen LogP contribution in [-0.2, 0) is 0 Å². The van der Waals surface area contributed by atoms with Crippen LogP contribution < -0.4 is 0 Å². The number of likely N-dealkylation sites (N-methyl/N-ethyl adjacent to an activating group) is 1. The Morgan fingerprint density at radius 3 is 2.38 bits per heavy atom. The molecule has 1 fully saturated rings. The van der Waals surface area contributed by atoms with Gasteiger partial charge in [-0.05, 0) is 37.6 Å². The third-order valence-electron chi connectivity index (χ3n) is 3.76. The fraction of sp³-hybridized carbons (Fsp3) is 1.00. The van der Waals surface area contributed by atoms with Gasteiger partial charge in [-0.1, -0.05) is 34.1 Å². The lowest BCUT2D eigenvalue weighted by Gasteiger charge is -2.41. The quantitative estimate of drug-likeness (QED) is 0.801. The van der Waals surface area contributed by atoms with Crippen molar-refractivity contribution in [2.24, 2.45) is 11.3 Å². The van der Waals surface area contributed by atoms with Crippen molar-refractivity contribution in [2.75, 3.05) is 13.6 Å². The summed E-state index contributed by atoms with van der Waals surface area (Å²) in [6.07, 6.45) is 4.50. The molecule has 2 nitrogen and oxygen atoms in total. The molecular weight excluding hydrogens is 198 g/mol. The van der Waals surface area contributed by atoms with Gasteiger partial charge in [0.1, 0.15) is 0 Å². The standard InChI is InChI=1S/C14H29NO/c1-6-11-7-8-13(16)12(9-11)15(5)10-14(2,3)4/h11-13,16H,6-10H2,1-5H3. The molecule has 0 saturated heterocycles. The molecule has 0 radical (unpaired) electrons. The molecule has 1 N–H and O–H groups in total. The summed E-state index contributed by atoms with van der Waals surface area (Å²) in [6, 6.07) is 0.373. The molecule has 0 bridgehead atoms. The molecule has 0 amide bonds. The molecule has 0 aromatic rings. The minimum atomic E-state index is -0.116. The number of aliphatic hydroxyl groups excluding tert-OH is 1. The molecular formula is C14H29NO. The van der Waals surface area contributed by atoms with Gasteiger partial charge in [-0.25, -0.2) is 0 Å². The molecule has 0 aromatic heterocycles. The zero-order valence-electron chi connectivity index (χ0n) is 11.7. The molecule has 3 unspecified atom stereocenters. The molecule has 16 heavy (non-hydrogen) atoms. The van der Waals surface area contributed by atoms with E-state index in [0.717, 1.165) is 18.9 Å². The predicted octanol–water partition coefficient (Wildman–Crippen LogP) is 2.90. The number of nitrogens with zero attached hydrogens (tertiary/aromatic N) is 1. The van der Waals surface area contributed by atoms with E-state index in [-0.39, 0.29) is 6.10 Å². The molecule has 0 heterocycles. The lowest BCUT2D eigenvalue weighted by Crippen LogP contribution is -2.48. The highest BCUT2D eigenvalue weighted by Gasteiger charge is 2.32. The minimum absolute atomic E-state index is 0.116. The van der Waals surface area contributed by atoms with Gasteiger partial charge < -0.3 is 10.0 Å². The maximum atomic E-state index is 10.1. The highest BCUT2D eigenvalue weighted by molar-refractivity contribution is 4.86. The average Bonchev–Trinajstić information content (AvgIpc) is 2.15. The zero-order valence-corrected chi connectivity index (χ0v) is 11.7. The second-order valence-electron chi connectivity index (χ2n) is 6.70. The lowest BCUT2D eigenvalue weighted by atomic mass is 9.81. The van der Waals surface area contributed by atoms with Gasteiger partial charge in [0.25, 0.3) is 0 Å². The Morgan fingerprint density at radius 2 is 1.88 bits per heavy atom. The Labute approximate surface area is 101 Å². The van der Waals surface area contributed by atoms with E-state index in [9.17, 15) is 5.11 Å². The fourth-order valence-electron chi connectivity index (χ4n) is 2.93. The van der Waals surface area contributed by atoms with Crippen molar-refractivity contribution < 1.29 is 5.11 Å². The molecule has 0 spiro atoms. The first-order valence-electron chi connectivity index (χ1n) is 6.72. The highest BCUT2D eigenvalue weighted by Crippen LogP contribution is 2.30. The summed E-state index contributed by atoms with van der Waals surface area (Å²) >= 11 is 0. The molecule has 96 valence electrons. The van der Waals surface area contributed by atoms with Crippen LogP contribution in [0.25, 0.3) is 0 Å². The summed E-state index contributed by atoms with van der Waals surface area (Å²) < 4.78 is 0. The second kappa shape index (κ2) is 5.50. The van der Waals surface area contributed by atoms with Crippen LogP contribution in [0.3, 0.4) is 0 Å². The van der Waals surface area contributed by atoms with Gasteiger partial charge >= 0.3 is 0 Å². The third kappa shape index (κ3) is 4.06. The van der Waals surface area contributed by atoms with Gasteiger partial charge in [0.05, 0.1) is 6.10 Å². The van der Waals surface area contributed by atoms with E-state index in [4.69, 9.17) is 0 Å². The van der Waals surface area contributed by atoms with Crippen molar-refractivity contribution in [3.8, 4) is 0 Å². The molecule has 3 atom stereocenters. The number of aliphatic hydroxyl groups is 1. The average molecular weight is 227 g/mol. The first-order chi connectivity index (χ1) is 7.33. The zero-order chi connectivity index (χ0) is 12.3. The SMILES string of the molecule is CCC1CCC(O)C(N(C)CC(C)(C)C)C1. The van der Waals surface area contributed by atoms with Crippen LogP contribution in [0.4, 0.5) is 0 Å². The van der Waals surface area contributed by atoms with Crippen LogP contribution in [0.15, 0.2) is 0 Å². The molecule has 1 saturated carbocycles.